The van der Waals surface area contributed by atoms with Crippen molar-refractivity contribution >= 4 is 11.9 Å². The highest BCUT2D eigenvalue weighted by Crippen LogP contribution is 2.09. The van der Waals surface area contributed by atoms with Crippen molar-refractivity contribution in [2.75, 3.05) is 6.54 Å². The van der Waals surface area contributed by atoms with E-state index >= 15 is 0 Å². The lowest BCUT2D eigenvalue weighted by Crippen LogP contribution is -2.47. The molecule has 0 rings (SSSR count). The maximum atomic E-state index is 11.2. The smallest absolute Gasteiger partial charge is 0.323 e. The van der Waals surface area contributed by atoms with E-state index < -0.39 is 29.6 Å². The average molecular weight is 232 g/mol. The van der Waals surface area contributed by atoms with Crippen LogP contribution in [0.4, 0.5) is 0 Å². The Morgan fingerprint density at radius 2 is 1.94 bits per heavy atom. The van der Waals surface area contributed by atoms with Crippen LogP contribution in [0, 0.1) is 0 Å². The Morgan fingerprint density at radius 3 is 2.31 bits per heavy atom. The SMILES string of the molecule is C[C@H](N)C(=O)OC(C)(C)CN[C@@H](C)C(=O)O. The molecule has 0 heterocycles. The van der Waals surface area contributed by atoms with Gasteiger partial charge in [-0.05, 0) is 27.7 Å². The van der Waals surface area contributed by atoms with E-state index in [0.29, 0.717) is 0 Å². The third-order valence-electron chi connectivity index (χ3n) is 1.95. The molecule has 0 spiro atoms. The summed E-state index contributed by atoms with van der Waals surface area (Å²) in [6, 6.07) is -1.37. The number of carboxylic acids is 1. The molecule has 4 N–H and O–H groups in total. The summed E-state index contributed by atoms with van der Waals surface area (Å²) >= 11 is 0. The lowest BCUT2D eigenvalue weighted by molar-refractivity contribution is -0.157. The molecule has 0 unspecified atom stereocenters. The normalized spacial score (nSPS) is 15.3. The second kappa shape index (κ2) is 5.81. The molecule has 6 nitrogen and oxygen atoms in total. The van der Waals surface area contributed by atoms with Crippen LogP contribution in [0.25, 0.3) is 0 Å². The molecule has 0 aliphatic carbocycles. The largest absolute Gasteiger partial charge is 0.480 e. The van der Waals surface area contributed by atoms with Crippen molar-refractivity contribution in [2.45, 2.75) is 45.4 Å². The monoisotopic (exact) mass is 232 g/mol. The van der Waals surface area contributed by atoms with Crippen LogP contribution in [0.3, 0.4) is 0 Å². The maximum absolute atomic E-state index is 11.2. The fourth-order valence-electron chi connectivity index (χ4n) is 0.888. The Bertz CT molecular complexity index is 264. The first-order valence-electron chi connectivity index (χ1n) is 5.10. The fraction of sp³-hybridized carbons (Fsp3) is 0.800. The van der Waals surface area contributed by atoms with Crippen molar-refractivity contribution in [3.63, 3.8) is 0 Å². The van der Waals surface area contributed by atoms with E-state index in [1.807, 2.05) is 0 Å². The first kappa shape index (κ1) is 14.9. The van der Waals surface area contributed by atoms with E-state index in [2.05, 4.69) is 5.32 Å². The molecule has 0 saturated carbocycles. The van der Waals surface area contributed by atoms with Crippen LogP contribution in [0.5, 0.6) is 0 Å². The second-order valence-corrected chi connectivity index (χ2v) is 4.41. The van der Waals surface area contributed by atoms with Crippen LogP contribution in [0.1, 0.15) is 27.7 Å². The van der Waals surface area contributed by atoms with Gasteiger partial charge in [0.05, 0.1) is 0 Å². The molecule has 0 aliphatic heterocycles. The molecular weight excluding hydrogens is 212 g/mol. The summed E-state index contributed by atoms with van der Waals surface area (Å²) in [5, 5.41) is 11.4. The highest BCUT2D eigenvalue weighted by molar-refractivity contribution is 5.75. The minimum atomic E-state index is -0.950. The molecule has 0 aromatic rings. The van der Waals surface area contributed by atoms with Gasteiger partial charge < -0.3 is 20.9 Å². The van der Waals surface area contributed by atoms with Crippen LogP contribution in [0.15, 0.2) is 0 Å². The third-order valence-corrected chi connectivity index (χ3v) is 1.95. The zero-order valence-corrected chi connectivity index (χ0v) is 10.1. The topological polar surface area (TPSA) is 102 Å². The number of nitrogens with one attached hydrogen (secondary N) is 1. The van der Waals surface area contributed by atoms with Gasteiger partial charge in [-0.25, -0.2) is 0 Å². The zero-order valence-electron chi connectivity index (χ0n) is 10.1. The number of hydrogen-bond acceptors (Lipinski definition) is 5. The molecule has 0 fully saturated rings. The standard InChI is InChI=1S/C10H20N2O4/c1-6(11)9(15)16-10(3,4)5-12-7(2)8(13)14/h6-7,12H,5,11H2,1-4H3,(H,13,14)/t6-,7-/m0/s1. The number of carboxylic acid groups (broad SMARTS) is 1. The number of hydrogen-bond donors (Lipinski definition) is 3. The lowest BCUT2D eigenvalue weighted by atomic mass is 10.1. The van der Waals surface area contributed by atoms with E-state index in [1.165, 1.54) is 13.8 Å². The molecule has 16 heavy (non-hydrogen) atoms. The summed E-state index contributed by atoms with van der Waals surface area (Å²) in [4.78, 5) is 21.8. The van der Waals surface area contributed by atoms with Gasteiger partial charge in [-0.3, -0.25) is 9.59 Å². The summed E-state index contributed by atoms with van der Waals surface area (Å²) in [6.45, 7) is 6.68. The number of carbonyl (C=O) groups excluding carboxylic acids is 1. The number of nitrogens with two attached hydrogens (primary N) is 1. The van der Waals surface area contributed by atoms with Gasteiger partial charge in [0.2, 0.25) is 0 Å². The minimum Gasteiger partial charge on any atom is -0.480 e. The molecule has 0 bridgehead atoms. The first-order valence-corrected chi connectivity index (χ1v) is 5.10. The molecule has 0 aromatic carbocycles. The number of rotatable bonds is 6. The number of carbonyl (C=O) groups is 2. The van der Waals surface area contributed by atoms with E-state index in [-0.39, 0.29) is 6.54 Å². The van der Waals surface area contributed by atoms with Crippen LogP contribution in [0.2, 0.25) is 0 Å². The van der Waals surface area contributed by atoms with Gasteiger partial charge in [-0.1, -0.05) is 0 Å². The quantitative estimate of drug-likeness (QED) is 0.544. The Hall–Kier alpha value is -1.14. The molecule has 0 saturated heterocycles. The molecule has 2 atom stereocenters. The van der Waals surface area contributed by atoms with Gasteiger partial charge >= 0.3 is 11.9 Å². The van der Waals surface area contributed by atoms with Crippen molar-refractivity contribution in [3.05, 3.63) is 0 Å². The fourth-order valence-corrected chi connectivity index (χ4v) is 0.888. The van der Waals surface area contributed by atoms with Crippen LogP contribution in [-0.2, 0) is 14.3 Å². The van der Waals surface area contributed by atoms with Gasteiger partial charge in [0.1, 0.15) is 17.7 Å². The molecule has 0 aliphatic rings. The molecular formula is C10H20N2O4. The zero-order chi connectivity index (χ0) is 12.9. The molecule has 6 heteroatoms. The predicted molar refractivity (Wildman–Crippen MR) is 58.9 cm³/mol. The minimum absolute atomic E-state index is 0.249. The van der Waals surface area contributed by atoms with E-state index in [9.17, 15) is 9.59 Å². The van der Waals surface area contributed by atoms with E-state index in [0.717, 1.165) is 0 Å². The number of esters is 1. The van der Waals surface area contributed by atoms with E-state index in [1.54, 1.807) is 13.8 Å². The number of ether oxygens (including phenoxy) is 1. The predicted octanol–water partition coefficient (Wildman–Crippen LogP) is -0.282. The van der Waals surface area contributed by atoms with Crippen LogP contribution in [-0.4, -0.2) is 41.3 Å². The molecule has 0 aromatic heterocycles. The number of aliphatic carboxylic acids is 1. The maximum Gasteiger partial charge on any atom is 0.323 e. The van der Waals surface area contributed by atoms with Gasteiger partial charge in [0.15, 0.2) is 0 Å². The van der Waals surface area contributed by atoms with Crippen LogP contribution >= 0.6 is 0 Å². The lowest BCUT2D eigenvalue weighted by Gasteiger charge is -2.27. The van der Waals surface area contributed by atoms with Crippen molar-refractivity contribution < 1.29 is 19.4 Å². The first-order chi connectivity index (χ1) is 7.15. The van der Waals surface area contributed by atoms with Gasteiger partial charge in [0, 0.05) is 6.54 Å². The van der Waals surface area contributed by atoms with Crippen LogP contribution < -0.4 is 11.1 Å². The third kappa shape index (κ3) is 5.67. The summed E-state index contributed by atoms with van der Waals surface area (Å²) < 4.78 is 5.11. The Balaban J connectivity index is 4.15. The van der Waals surface area contributed by atoms with Crippen molar-refractivity contribution in [1.29, 1.82) is 0 Å². The van der Waals surface area contributed by atoms with Crippen molar-refractivity contribution in [3.8, 4) is 0 Å². The summed E-state index contributed by atoms with van der Waals surface area (Å²) in [6.07, 6.45) is 0. The Kier molecular flexibility index (Phi) is 5.40. The summed E-state index contributed by atoms with van der Waals surface area (Å²) in [5.41, 5.74) is 4.57. The van der Waals surface area contributed by atoms with Crippen molar-refractivity contribution in [1.82, 2.24) is 5.32 Å². The van der Waals surface area contributed by atoms with Gasteiger partial charge in [-0.2, -0.15) is 0 Å². The second-order valence-electron chi connectivity index (χ2n) is 4.41. The molecule has 94 valence electrons. The van der Waals surface area contributed by atoms with Gasteiger partial charge in [-0.15, -0.1) is 0 Å². The molecule has 0 amide bonds. The highest BCUT2D eigenvalue weighted by Gasteiger charge is 2.25. The van der Waals surface area contributed by atoms with Crippen molar-refractivity contribution in [2.24, 2.45) is 5.73 Å². The summed E-state index contributed by atoms with van der Waals surface area (Å²) in [7, 11) is 0. The Morgan fingerprint density at radius 1 is 1.44 bits per heavy atom. The molecule has 0 radical (unpaired) electrons. The average Bonchev–Trinajstić information content (AvgIpc) is 2.13. The Labute approximate surface area is 95.1 Å². The van der Waals surface area contributed by atoms with Gasteiger partial charge in [0.25, 0.3) is 0 Å². The summed E-state index contributed by atoms with van der Waals surface area (Å²) in [5.74, 6) is -1.45. The highest BCUT2D eigenvalue weighted by atomic mass is 16.6. The van der Waals surface area contributed by atoms with E-state index in [4.69, 9.17) is 15.6 Å².